The minimum Gasteiger partial charge on any atom is -0.459 e. The molecule has 2 amide bonds. The summed E-state index contributed by atoms with van der Waals surface area (Å²) in [6.45, 7) is 25.9. The molecule has 21 nitrogen and oxygen atoms in total. The van der Waals surface area contributed by atoms with Gasteiger partial charge in [-0.1, -0.05) is 53.2 Å². The van der Waals surface area contributed by atoms with Gasteiger partial charge < -0.3 is 79.3 Å². The first kappa shape index (κ1) is 71.2. The molecule has 7 aliphatic rings. The van der Waals surface area contributed by atoms with E-state index in [1.165, 1.54) is 26.2 Å². The molecular weight excluding hydrogens is 1130 g/mol. The molecule has 8 N–H and O–H groups in total. The fraction of sp³-hybridized carbons (Fsp3) is 0.877. The normalized spacial score (nSPS) is 47.6. The van der Waals surface area contributed by atoms with Crippen LogP contribution in [0.25, 0.3) is 0 Å². The Hall–Kier alpha value is -3.23. The number of methoxy groups -OCH3 is 1. The van der Waals surface area contributed by atoms with Gasteiger partial charge in [0.15, 0.2) is 35.7 Å². The van der Waals surface area contributed by atoms with Crippen LogP contribution in [0.4, 0.5) is 9.18 Å². The topological polar surface area (TPSA) is 285 Å². The predicted octanol–water partition coefficient (Wildman–Crippen LogP) is 5.27. The van der Waals surface area contributed by atoms with Gasteiger partial charge in [0.05, 0.1) is 47.6 Å². The van der Waals surface area contributed by atoms with E-state index in [9.17, 15) is 49.8 Å². The lowest BCUT2D eigenvalue weighted by Crippen LogP contribution is -2.70. The number of carbonyl (C=O) groups excluding carboxylic acids is 4. The van der Waals surface area contributed by atoms with Gasteiger partial charge in [0.2, 0.25) is 0 Å². The summed E-state index contributed by atoms with van der Waals surface area (Å²) in [5.41, 5.74) is -10.5. The van der Waals surface area contributed by atoms with Gasteiger partial charge in [0.25, 0.3) is 5.91 Å². The molecule has 0 aromatic heterocycles. The van der Waals surface area contributed by atoms with Crippen molar-refractivity contribution in [1.82, 2.24) is 20.4 Å². The maximum atomic E-state index is 17.8. The Kier molecular flexibility index (Phi) is 22.2. The zero-order chi connectivity index (χ0) is 64.9. The number of nitrogens with zero attached hydrogens (tertiary/aromatic N) is 2. The monoisotopic (exact) mass is 1240 g/mol. The van der Waals surface area contributed by atoms with Gasteiger partial charge in [-0.2, -0.15) is 0 Å². The average Bonchev–Trinajstić information content (AvgIpc) is 1.64. The fourth-order valence-electron chi connectivity index (χ4n) is 17.1. The summed E-state index contributed by atoms with van der Waals surface area (Å²) in [7, 11) is 5.22. The van der Waals surface area contributed by atoms with Crippen molar-refractivity contribution in [2.24, 2.45) is 46.3 Å². The number of hydrogen-bond acceptors (Lipinski definition) is 19. The highest BCUT2D eigenvalue weighted by Gasteiger charge is 2.76. The summed E-state index contributed by atoms with van der Waals surface area (Å²) in [4.78, 5) is 59.4. The van der Waals surface area contributed by atoms with Crippen molar-refractivity contribution in [1.29, 1.82) is 0 Å². The van der Waals surface area contributed by atoms with Gasteiger partial charge in [0.1, 0.15) is 23.9 Å². The molecule has 0 bridgehead atoms. The first-order valence-electron chi connectivity index (χ1n) is 32.3. The quantitative estimate of drug-likeness (QED) is 0.0766. The number of alkyl carbamates (subject to hydrolysis) is 1. The van der Waals surface area contributed by atoms with Gasteiger partial charge in [-0.25, -0.2) is 9.18 Å². The molecule has 87 heavy (non-hydrogen) atoms. The second-order valence-electron chi connectivity index (χ2n) is 28.7. The number of likely N-dealkylation sites (N-methyl/N-ethyl adjacent to an activating group) is 2. The smallest absolute Gasteiger partial charge is 0.407 e. The molecule has 3 aliphatic heterocycles. The third-order valence-electron chi connectivity index (χ3n) is 22.5. The molecule has 5 unspecified atom stereocenters. The summed E-state index contributed by atoms with van der Waals surface area (Å²) in [6, 6.07) is -1.05. The van der Waals surface area contributed by atoms with Crippen LogP contribution < -0.4 is 10.6 Å². The van der Waals surface area contributed by atoms with E-state index in [1.807, 2.05) is 44.7 Å². The van der Waals surface area contributed by atoms with E-state index < -0.39 is 154 Å². The molecule has 26 atom stereocenters. The number of halogens is 1. The van der Waals surface area contributed by atoms with Crippen LogP contribution in [0.3, 0.4) is 0 Å². The number of fused-ring (bicyclic) bond motifs is 5. The van der Waals surface area contributed by atoms with Gasteiger partial charge >= 0.3 is 12.1 Å². The van der Waals surface area contributed by atoms with Crippen LogP contribution in [-0.4, -0.2) is 219 Å². The number of ether oxygens (including phenoxy) is 7. The van der Waals surface area contributed by atoms with E-state index in [0.717, 1.165) is 0 Å². The SMILES string of the molecule is CC[C@H]1OC(=O)[C@H](C)[C@@H](OC2C[C@@](C)(OC)[C@@H](O)[C@H](C)O2)[C@@H](C)[C@@H](OC2O[C@H](C)C[C@H](N(C)CC)[C@H]2O)[C@](C)(O)C[C@@H](C)CN(C)[C@H](C)C(OC(=O)NCCCCNC(=O)[C@@]2(O)[C@H](C)CC3C4CCC5=CC(=O)C=C[C@]5(C)[C@@]4(F)[C@@H](O)C[C@@]32C)[C@]1(C)O. The third-order valence-corrected chi connectivity index (χ3v) is 22.5. The summed E-state index contributed by atoms with van der Waals surface area (Å²) >= 11 is 0. The molecule has 7 rings (SSSR count). The third kappa shape index (κ3) is 13.4. The predicted molar refractivity (Wildman–Crippen MR) is 321 cm³/mol. The van der Waals surface area contributed by atoms with Gasteiger partial charge in [-0.05, 0) is 164 Å². The highest BCUT2D eigenvalue weighted by atomic mass is 19.1. The highest BCUT2D eigenvalue weighted by Crippen LogP contribution is 2.70. The number of nitrogens with one attached hydrogen (secondary N) is 2. The number of aliphatic hydroxyl groups excluding tert-OH is 3. The number of aliphatic hydroxyl groups is 6. The number of allylic oxidation sites excluding steroid dienone is 4. The van der Waals surface area contributed by atoms with E-state index in [4.69, 9.17) is 33.2 Å². The first-order valence-corrected chi connectivity index (χ1v) is 32.3. The molecule has 22 heteroatoms. The van der Waals surface area contributed by atoms with E-state index in [1.54, 1.807) is 75.3 Å². The van der Waals surface area contributed by atoms with Crippen molar-refractivity contribution in [3.8, 4) is 0 Å². The van der Waals surface area contributed by atoms with Crippen molar-refractivity contribution in [3.05, 3.63) is 23.8 Å². The summed E-state index contributed by atoms with van der Waals surface area (Å²) < 4.78 is 62.4. The Bertz CT molecular complexity index is 2490. The van der Waals surface area contributed by atoms with Crippen molar-refractivity contribution in [3.63, 3.8) is 0 Å². The summed E-state index contributed by atoms with van der Waals surface area (Å²) in [6.07, 6.45) is -5.64. The average molecular weight is 1240 g/mol. The molecular formula is C65H109FN4O17. The number of esters is 1. The number of rotatable bonds is 15. The minimum absolute atomic E-state index is 0.0604. The Morgan fingerprint density at radius 3 is 2.16 bits per heavy atom. The second-order valence-corrected chi connectivity index (χ2v) is 28.7. The molecule has 3 saturated carbocycles. The number of amides is 2. The van der Waals surface area contributed by atoms with Gasteiger partial charge in [0, 0.05) is 67.9 Å². The molecule has 3 heterocycles. The lowest BCUT2D eigenvalue weighted by molar-refractivity contribution is -0.318. The van der Waals surface area contributed by atoms with Crippen LogP contribution in [-0.2, 0) is 47.5 Å². The maximum Gasteiger partial charge on any atom is 0.407 e. The first-order chi connectivity index (χ1) is 40.4. The summed E-state index contributed by atoms with van der Waals surface area (Å²) in [5, 5.41) is 78.8. The van der Waals surface area contributed by atoms with E-state index in [-0.39, 0.29) is 62.6 Å². The van der Waals surface area contributed by atoms with Crippen LogP contribution in [0.1, 0.15) is 161 Å². The van der Waals surface area contributed by atoms with Crippen LogP contribution in [0.5, 0.6) is 0 Å². The number of alkyl halides is 1. The van der Waals surface area contributed by atoms with Crippen molar-refractivity contribution >= 4 is 23.8 Å². The second kappa shape index (κ2) is 27.2. The van der Waals surface area contributed by atoms with Crippen LogP contribution >= 0.6 is 0 Å². The molecule has 0 aromatic carbocycles. The Balaban J connectivity index is 1.06. The molecule has 0 radical (unpaired) electrons. The fourth-order valence-corrected chi connectivity index (χ4v) is 17.1. The largest absolute Gasteiger partial charge is 0.459 e. The Morgan fingerprint density at radius 2 is 1.53 bits per heavy atom. The molecule has 0 aromatic rings. The van der Waals surface area contributed by atoms with Gasteiger partial charge in [-0.15, -0.1) is 0 Å². The van der Waals surface area contributed by atoms with Crippen LogP contribution in [0.15, 0.2) is 23.8 Å². The van der Waals surface area contributed by atoms with Crippen molar-refractivity contribution < 1.29 is 87.4 Å². The van der Waals surface area contributed by atoms with Crippen LogP contribution in [0.2, 0.25) is 0 Å². The zero-order valence-corrected chi connectivity index (χ0v) is 55.0. The number of hydrogen-bond donors (Lipinski definition) is 8. The highest BCUT2D eigenvalue weighted by molar-refractivity contribution is 6.01. The minimum atomic E-state index is -2.10. The molecule has 3 saturated heterocycles. The molecule has 4 aliphatic carbocycles. The molecule has 498 valence electrons. The lowest BCUT2D eigenvalue weighted by Gasteiger charge is -2.62. The van der Waals surface area contributed by atoms with Crippen molar-refractivity contribution in [2.75, 3.05) is 47.4 Å². The zero-order valence-electron chi connectivity index (χ0n) is 55.0. The van der Waals surface area contributed by atoms with Crippen LogP contribution in [0, 0.1) is 46.3 Å². The molecule has 6 fully saturated rings. The van der Waals surface area contributed by atoms with E-state index >= 15 is 4.39 Å². The lowest BCUT2D eigenvalue weighted by atomic mass is 9.44. The summed E-state index contributed by atoms with van der Waals surface area (Å²) in [5.74, 6) is -5.55. The Morgan fingerprint density at radius 1 is 0.874 bits per heavy atom. The van der Waals surface area contributed by atoms with Gasteiger partial charge in [-0.3, -0.25) is 19.3 Å². The van der Waals surface area contributed by atoms with Crippen molar-refractivity contribution in [2.45, 2.75) is 269 Å². The van der Waals surface area contributed by atoms with E-state index in [2.05, 4.69) is 10.6 Å². The number of unbranched alkanes of at least 4 members (excludes halogenated alkanes) is 1. The standard InChI is InChI=1S/C65H109FN4O17/c1-18-48-63(14,79)54(87-58(77)68-27-21-20-26-67-57(76)65(80)36(4)28-45-44-23-22-42-30-43(71)24-25-59(42,10)64(44,66)47(72)32-60(45,65)11)40(8)70(16)34-35(3)31-61(12,78)53(86-56-50(73)46(69(15)19-2)29-37(5)82-56)38(6)51(39(7)55(75)84-48)85-49-33-62(13,81-17)52(74)41(9)83-49/h24-25,30,35-41,44-54,56,72-74,78-80H,18-23,26-29,31-34H2,1-17H3,(H,67,76)(H,68,77)/t35-,36-,37-,38-,39-,40-,41+,44?,45?,46+,47+,48-,49?,50-,51+,52+,53-,54?,56?,59+,60+,61-,62-,63-,64+,65+/m1/s1. The number of cyclic esters (lactones) is 1. The number of carbonyl (C=O) groups is 4. The Labute approximate surface area is 516 Å². The molecule has 0 spiro atoms. The maximum absolute atomic E-state index is 17.8. The van der Waals surface area contributed by atoms with E-state index in [0.29, 0.717) is 57.2 Å². The number of ketones is 1.